The largest absolute Gasteiger partial charge is 0.495 e. The maximum Gasteiger partial charge on any atom is 0.303 e. The number of carboxylic acid groups (broad SMARTS) is 1. The summed E-state index contributed by atoms with van der Waals surface area (Å²) in [5, 5.41) is 8.83. The van der Waals surface area contributed by atoms with Crippen LogP contribution in [0.4, 0.5) is 5.69 Å². The van der Waals surface area contributed by atoms with Crippen molar-refractivity contribution in [3.63, 3.8) is 0 Å². The van der Waals surface area contributed by atoms with Gasteiger partial charge in [-0.3, -0.25) is 4.79 Å². The van der Waals surface area contributed by atoms with E-state index in [9.17, 15) is 4.79 Å². The van der Waals surface area contributed by atoms with Crippen molar-refractivity contribution in [2.45, 2.75) is 38.6 Å². The zero-order valence-corrected chi connectivity index (χ0v) is 11.6. The van der Waals surface area contributed by atoms with Crippen LogP contribution >= 0.6 is 0 Å². The first kappa shape index (κ1) is 13.7. The monoisotopic (exact) mass is 263 g/mol. The van der Waals surface area contributed by atoms with E-state index in [0.29, 0.717) is 12.5 Å². The minimum atomic E-state index is -0.719. The summed E-state index contributed by atoms with van der Waals surface area (Å²) in [6.07, 6.45) is 3.10. The van der Waals surface area contributed by atoms with E-state index >= 15 is 0 Å². The molecule has 1 N–H and O–H groups in total. The summed E-state index contributed by atoms with van der Waals surface area (Å²) < 4.78 is 5.43. The molecule has 4 nitrogen and oxygen atoms in total. The molecule has 0 saturated carbocycles. The standard InChI is InChI=1S/C15H21NO3/c1-11-5-7-14(19-2)13(10-11)16-9-3-4-12(16)6-8-15(17)18/h5,7,10,12H,3-4,6,8-9H2,1-2H3,(H,17,18). The Morgan fingerprint density at radius 3 is 3.00 bits per heavy atom. The van der Waals surface area contributed by atoms with Gasteiger partial charge < -0.3 is 14.7 Å². The summed E-state index contributed by atoms with van der Waals surface area (Å²) in [6.45, 7) is 3.04. The van der Waals surface area contributed by atoms with Gasteiger partial charge in [0.15, 0.2) is 0 Å². The van der Waals surface area contributed by atoms with Crippen LogP contribution in [0.25, 0.3) is 0 Å². The minimum absolute atomic E-state index is 0.231. The van der Waals surface area contributed by atoms with Crippen molar-refractivity contribution in [2.24, 2.45) is 0 Å². The van der Waals surface area contributed by atoms with Gasteiger partial charge in [-0.25, -0.2) is 0 Å². The number of anilines is 1. The second-order valence-electron chi connectivity index (χ2n) is 5.10. The molecule has 104 valence electrons. The van der Waals surface area contributed by atoms with Crippen molar-refractivity contribution in [2.75, 3.05) is 18.6 Å². The van der Waals surface area contributed by atoms with E-state index in [1.165, 1.54) is 5.56 Å². The van der Waals surface area contributed by atoms with Crippen molar-refractivity contribution in [3.8, 4) is 5.75 Å². The van der Waals surface area contributed by atoms with Crippen LogP contribution in [0.5, 0.6) is 5.75 Å². The molecule has 1 saturated heterocycles. The highest BCUT2D eigenvalue weighted by molar-refractivity contribution is 5.67. The molecule has 19 heavy (non-hydrogen) atoms. The van der Waals surface area contributed by atoms with E-state index < -0.39 is 5.97 Å². The molecule has 0 spiro atoms. The van der Waals surface area contributed by atoms with E-state index in [2.05, 4.69) is 17.9 Å². The number of carboxylic acids is 1. The molecule has 1 atom stereocenters. The fourth-order valence-corrected chi connectivity index (χ4v) is 2.77. The maximum atomic E-state index is 10.7. The van der Waals surface area contributed by atoms with Gasteiger partial charge >= 0.3 is 5.97 Å². The summed E-state index contributed by atoms with van der Waals surface area (Å²) >= 11 is 0. The third-order valence-electron chi connectivity index (χ3n) is 3.71. The summed E-state index contributed by atoms with van der Waals surface area (Å²) in [7, 11) is 1.68. The van der Waals surface area contributed by atoms with Crippen LogP contribution in [-0.4, -0.2) is 30.8 Å². The van der Waals surface area contributed by atoms with Gasteiger partial charge in [0, 0.05) is 19.0 Å². The van der Waals surface area contributed by atoms with E-state index in [0.717, 1.165) is 30.8 Å². The fraction of sp³-hybridized carbons (Fsp3) is 0.533. The third-order valence-corrected chi connectivity index (χ3v) is 3.71. The Labute approximate surface area is 114 Å². The average molecular weight is 263 g/mol. The molecule has 1 aliphatic heterocycles. The fourth-order valence-electron chi connectivity index (χ4n) is 2.77. The Bertz CT molecular complexity index is 459. The quantitative estimate of drug-likeness (QED) is 0.887. The van der Waals surface area contributed by atoms with Crippen LogP contribution in [-0.2, 0) is 4.79 Å². The minimum Gasteiger partial charge on any atom is -0.495 e. The number of aliphatic carboxylic acids is 1. The smallest absolute Gasteiger partial charge is 0.303 e. The van der Waals surface area contributed by atoms with Gasteiger partial charge in [0.05, 0.1) is 12.8 Å². The first-order chi connectivity index (χ1) is 9.11. The van der Waals surface area contributed by atoms with Crippen LogP contribution < -0.4 is 9.64 Å². The van der Waals surface area contributed by atoms with E-state index in [-0.39, 0.29) is 6.42 Å². The van der Waals surface area contributed by atoms with Gasteiger partial charge in [-0.1, -0.05) is 6.07 Å². The molecule has 0 aliphatic carbocycles. The Balaban J connectivity index is 2.19. The van der Waals surface area contributed by atoms with Gasteiger partial charge in [-0.2, -0.15) is 0 Å². The average Bonchev–Trinajstić information content (AvgIpc) is 2.84. The second kappa shape index (κ2) is 5.95. The molecule has 1 aromatic carbocycles. The van der Waals surface area contributed by atoms with Crippen LogP contribution in [0.3, 0.4) is 0 Å². The van der Waals surface area contributed by atoms with Crippen molar-refractivity contribution in [3.05, 3.63) is 23.8 Å². The van der Waals surface area contributed by atoms with Gasteiger partial charge in [-0.15, -0.1) is 0 Å². The van der Waals surface area contributed by atoms with Crippen molar-refractivity contribution < 1.29 is 14.6 Å². The van der Waals surface area contributed by atoms with Gasteiger partial charge in [0.25, 0.3) is 0 Å². The summed E-state index contributed by atoms with van der Waals surface area (Å²) in [4.78, 5) is 13.0. The molecular weight excluding hydrogens is 242 g/mol. The van der Waals surface area contributed by atoms with Crippen LogP contribution in [0, 0.1) is 6.92 Å². The number of hydrogen-bond donors (Lipinski definition) is 1. The highest BCUT2D eigenvalue weighted by Crippen LogP contribution is 2.35. The number of methoxy groups -OCH3 is 1. The Morgan fingerprint density at radius 1 is 1.53 bits per heavy atom. The predicted octanol–water partition coefficient (Wildman–Crippen LogP) is 2.84. The number of rotatable bonds is 5. The highest BCUT2D eigenvalue weighted by Gasteiger charge is 2.27. The molecule has 4 heteroatoms. The van der Waals surface area contributed by atoms with E-state index in [4.69, 9.17) is 9.84 Å². The first-order valence-corrected chi connectivity index (χ1v) is 6.75. The van der Waals surface area contributed by atoms with E-state index in [1.807, 2.05) is 12.1 Å². The van der Waals surface area contributed by atoms with Gasteiger partial charge in [-0.05, 0) is 43.9 Å². The lowest BCUT2D eigenvalue weighted by Gasteiger charge is -2.28. The Hall–Kier alpha value is -1.71. The summed E-state index contributed by atoms with van der Waals surface area (Å²) in [6, 6.07) is 6.45. The molecule has 0 amide bonds. The first-order valence-electron chi connectivity index (χ1n) is 6.75. The molecule has 1 aromatic rings. The Morgan fingerprint density at radius 2 is 2.32 bits per heavy atom. The second-order valence-corrected chi connectivity index (χ2v) is 5.10. The molecule has 0 aromatic heterocycles. The SMILES string of the molecule is COc1ccc(C)cc1N1CCCC1CCC(=O)O. The highest BCUT2D eigenvalue weighted by atomic mass is 16.5. The van der Waals surface area contributed by atoms with Crippen LogP contribution in [0.1, 0.15) is 31.2 Å². The number of ether oxygens (including phenoxy) is 1. The van der Waals surface area contributed by atoms with E-state index in [1.54, 1.807) is 7.11 Å². The topological polar surface area (TPSA) is 49.8 Å². The lowest BCUT2D eigenvalue weighted by atomic mass is 10.1. The van der Waals surface area contributed by atoms with Crippen molar-refractivity contribution in [1.29, 1.82) is 0 Å². The van der Waals surface area contributed by atoms with Crippen molar-refractivity contribution in [1.82, 2.24) is 0 Å². The molecule has 1 fully saturated rings. The molecule has 0 radical (unpaired) electrons. The zero-order chi connectivity index (χ0) is 13.8. The lowest BCUT2D eigenvalue weighted by Crippen LogP contribution is -2.30. The normalized spacial score (nSPS) is 18.6. The summed E-state index contributed by atoms with van der Waals surface area (Å²) in [5.41, 5.74) is 2.29. The molecule has 2 rings (SSSR count). The number of benzene rings is 1. The lowest BCUT2D eigenvalue weighted by molar-refractivity contribution is -0.137. The number of hydrogen-bond acceptors (Lipinski definition) is 3. The zero-order valence-electron chi connectivity index (χ0n) is 11.6. The van der Waals surface area contributed by atoms with Gasteiger partial charge in [0.1, 0.15) is 5.75 Å². The van der Waals surface area contributed by atoms with Gasteiger partial charge in [0.2, 0.25) is 0 Å². The van der Waals surface area contributed by atoms with Crippen molar-refractivity contribution >= 4 is 11.7 Å². The van der Waals surface area contributed by atoms with Crippen LogP contribution in [0.2, 0.25) is 0 Å². The number of aryl methyl sites for hydroxylation is 1. The predicted molar refractivity (Wildman–Crippen MR) is 75.0 cm³/mol. The van der Waals surface area contributed by atoms with Crippen LogP contribution in [0.15, 0.2) is 18.2 Å². The molecule has 1 heterocycles. The Kier molecular flexibility index (Phi) is 4.30. The maximum absolute atomic E-state index is 10.7. The molecular formula is C15H21NO3. The summed E-state index contributed by atoms with van der Waals surface area (Å²) in [5.74, 6) is 0.149. The molecule has 1 aliphatic rings. The number of carbonyl (C=O) groups is 1. The molecule has 0 bridgehead atoms. The molecule has 1 unspecified atom stereocenters. The third kappa shape index (κ3) is 3.19. The number of nitrogens with zero attached hydrogens (tertiary/aromatic N) is 1.